The molecule has 16 heavy (non-hydrogen) atoms. The summed E-state index contributed by atoms with van der Waals surface area (Å²) >= 11 is 0. The fourth-order valence-corrected chi connectivity index (χ4v) is 1.64. The molecule has 0 amide bonds. The maximum absolute atomic E-state index is 9.22. The first-order chi connectivity index (χ1) is 7.77. The molecular weight excluding hydrogens is 202 g/mol. The Morgan fingerprint density at radius 2 is 1.88 bits per heavy atom. The lowest BCUT2D eigenvalue weighted by Gasteiger charge is -2.23. The van der Waals surface area contributed by atoms with Gasteiger partial charge in [0.2, 0.25) is 0 Å². The molecular formula is C13H21NO2. The third kappa shape index (κ3) is 4.11. The Kier molecular flexibility index (Phi) is 5.72. The molecule has 1 aromatic carbocycles. The van der Waals surface area contributed by atoms with Crippen molar-refractivity contribution in [1.29, 1.82) is 0 Å². The van der Waals surface area contributed by atoms with Crippen LogP contribution < -0.4 is 4.90 Å². The van der Waals surface area contributed by atoms with Gasteiger partial charge in [0.1, 0.15) is 5.75 Å². The van der Waals surface area contributed by atoms with Gasteiger partial charge in [0.05, 0.1) is 0 Å². The summed E-state index contributed by atoms with van der Waals surface area (Å²) in [6.45, 7) is 7.69. The van der Waals surface area contributed by atoms with Gasteiger partial charge in [0.25, 0.3) is 0 Å². The minimum Gasteiger partial charge on any atom is -0.508 e. The first-order valence-electron chi connectivity index (χ1n) is 5.89. The monoisotopic (exact) mass is 223 g/mol. The molecule has 0 saturated heterocycles. The molecule has 0 saturated carbocycles. The smallest absolute Gasteiger partial charge is 0.115 e. The van der Waals surface area contributed by atoms with E-state index in [0.29, 0.717) is 5.75 Å². The fraction of sp³-hybridized carbons (Fsp3) is 0.538. The number of phenols is 1. The molecule has 90 valence electrons. The molecule has 0 aliphatic heterocycles. The van der Waals surface area contributed by atoms with E-state index in [1.165, 1.54) is 0 Å². The molecule has 3 nitrogen and oxygen atoms in total. The second-order valence-corrected chi connectivity index (χ2v) is 3.65. The van der Waals surface area contributed by atoms with Crippen molar-refractivity contribution in [2.75, 3.05) is 31.2 Å². The highest BCUT2D eigenvalue weighted by Crippen LogP contribution is 2.18. The van der Waals surface area contributed by atoms with Gasteiger partial charge in [-0.3, -0.25) is 0 Å². The standard InChI is InChI=1S/C13H21NO2/c1-3-14(10-5-11-16-4-2)12-6-8-13(15)9-7-12/h6-9,15H,3-5,10-11H2,1-2H3. The Morgan fingerprint density at radius 3 is 2.44 bits per heavy atom. The molecule has 0 unspecified atom stereocenters. The molecule has 1 rings (SSSR count). The highest BCUT2D eigenvalue weighted by Gasteiger charge is 2.03. The zero-order chi connectivity index (χ0) is 11.8. The Balaban J connectivity index is 2.44. The van der Waals surface area contributed by atoms with Gasteiger partial charge in [0, 0.05) is 32.0 Å². The Labute approximate surface area is 97.7 Å². The maximum Gasteiger partial charge on any atom is 0.115 e. The molecule has 3 heteroatoms. The van der Waals surface area contributed by atoms with E-state index in [1.807, 2.05) is 19.1 Å². The molecule has 0 atom stereocenters. The normalized spacial score (nSPS) is 10.4. The molecule has 0 aliphatic carbocycles. The number of nitrogens with zero attached hydrogens (tertiary/aromatic N) is 1. The Hall–Kier alpha value is -1.22. The quantitative estimate of drug-likeness (QED) is 0.721. The van der Waals surface area contributed by atoms with Gasteiger partial charge in [0.15, 0.2) is 0 Å². The van der Waals surface area contributed by atoms with Crippen molar-refractivity contribution in [3.63, 3.8) is 0 Å². The fourth-order valence-electron chi connectivity index (χ4n) is 1.64. The number of hydrogen-bond acceptors (Lipinski definition) is 3. The van der Waals surface area contributed by atoms with Crippen LogP contribution in [0, 0.1) is 0 Å². The largest absolute Gasteiger partial charge is 0.508 e. The van der Waals surface area contributed by atoms with E-state index < -0.39 is 0 Å². The first kappa shape index (κ1) is 12.8. The highest BCUT2D eigenvalue weighted by molar-refractivity contribution is 5.48. The van der Waals surface area contributed by atoms with Crippen molar-refractivity contribution in [1.82, 2.24) is 0 Å². The lowest BCUT2D eigenvalue weighted by molar-refractivity contribution is 0.146. The number of rotatable bonds is 7. The zero-order valence-electron chi connectivity index (χ0n) is 10.1. The van der Waals surface area contributed by atoms with Crippen molar-refractivity contribution in [2.45, 2.75) is 20.3 Å². The Bertz CT molecular complexity index is 284. The zero-order valence-corrected chi connectivity index (χ0v) is 10.1. The lowest BCUT2D eigenvalue weighted by atomic mass is 10.2. The van der Waals surface area contributed by atoms with Crippen molar-refractivity contribution < 1.29 is 9.84 Å². The van der Waals surface area contributed by atoms with Crippen molar-refractivity contribution >= 4 is 5.69 Å². The number of anilines is 1. The molecule has 0 aromatic heterocycles. The molecule has 1 aromatic rings. The number of benzene rings is 1. The minimum atomic E-state index is 0.314. The first-order valence-corrected chi connectivity index (χ1v) is 5.89. The van der Waals surface area contributed by atoms with Gasteiger partial charge in [-0.15, -0.1) is 0 Å². The van der Waals surface area contributed by atoms with Gasteiger partial charge in [-0.05, 0) is 44.5 Å². The van der Waals surface area contributed by atoms with Gasteiger partial charge >= 0.3 is 0 Å². The third-order valence-corrected chi connectivity index (χ3v) is 2.52. The van der Waals surface area contributed by atoms with E-state index >= 15 is 0 Å². The molecule has 0 bridgehead atoms. The summed E-state index contributed by atoms with van der Waals surface area (Å²) < 4.78 is 5.32. The van der Waals surface area contributed by atoms with E-state index in [9.17, 15) is 5.11 Å². The summed E-state index contributed by atoms with van der Waals surface area (Å²) in [6.07, 6.45) is 1.03. The third-order valence-electron chi connectivity index (χ3n) is 2.52. The molecule has 1 N–H and O–H groups in total. The van der Waals surface area contributed by atoms with E-state index in [2.05, 4.69) is 11.8 Å². The summed E-state index contributed by atoms with van der Waals surface area (Å²) in [5.74, 6) is 0.314. The van der Waals surface area contributed by atoms with Gasteiger partial charge in [-0.2, -0.15) is 0 Å². The topological polar surface area (TPSA) is 32.7 Å². The molecule has 0 spiro atoms. The van der Waals surface area contributed by atoms with Gasteiger partial charge in [-0.25, -0.2) is 0 Å². The summed E-state index contributed by atoms with van der Waals surface area (Å²) in [4.78, 5) is 2.28. The van der Waals surface area contributed by atoms with E-state index in [-0.39, 0.29) is 0 Å². The number of phenolic OH excluding ortho intramolecular Hbond substituents is 1. The predicted octanol–water partition coefficient (Wildman–Crippen LogP) is 2.65. The van der Waals surface area contributed by atoms with Crippen LogP contribution in [0.5, 0.6) is 5.75 Å². The van der Waals surface area contributed by atoms with Crippen molar-refractivity contribution in [3.05, 3.63) is 24.3 Å². The van der Waals surface area contributed by atoms with E-state index in [4.69, 9.17) is 4.74 Å². The molecule has 0 radical (unpaired) electrons. The van der Waals surface area contributed by atoms with Crippen LogP contribution in [0.25, 0.3) is 0 Å². The predicted molar refractivity (Wildman–Crippen MR) is 67.1 cm³/mol. The van der Waals surface area contributed by atoms with Crippen LogP contribution in [0.15, 0.2) is 24.3 Å². The minimum absolute atomic E-state index is 0.314. The molecule has 0 heterocycles. The second-order valence-electron chi connectivity index (χ2n) is 3.65. The summed E-state index contributed by atoms with van der Waals surface area (Å²) in [5.41, 5.74) is 1.15. The summed E-state index contributed by atoms with van der Waals surface area (Å²) in [6, 6.07) is 7.33. The van der Waals surface area contributed by atoms with Crippen LogP contribution in [-0.2, 0) is 4.74 Å². The summed E-state index contributed by atoms with van der Waals surface area (Å²) in [5, 5.41) is 9.22. The lowest BCUT2D eigenvalue weighted by Crippen LogP contribution is -2.24. The second kappa shape index (κ2) is 7.12. The number of ether oxygens (including phenoxy) is 1. The highest BCUT2D eigenvalue weighted by atomic mass is 16.5. The van der Waals surface area contributed by atoms with Crippen LogP contribution >= 0.6 is 0 Å². The molecule has 0 aliphatic rings. The average Bonchev–Trinajstić information content (AvgIpc) is 2.31. The van der Waals surface area contributed by atoms with Crippen LogP contribution in [0.3, 0.4) is 0 Å². The van der Waals surface area contributed by atoms with Crippen LogP contribution in [0.4, 0.5) is 5.69 Å². The molecule has 0 fully saturated rings. The van der Waals surface area contributed by atoms with Gasteiger partial charge in [-0.1, -0.05) is 0 Å². The number of hydrogen-bond donors (Lipinski definition) is 1. The van der Waals surface area contributed by atoms with Crippen LogP contribution in [0.2, 0.25) is 0 Å². The van der Waals surface area contributed by atoms with Crippen molar-refractivity contribution in [2.24, 2.45) is 0 Å². The van der Waals surface area contributed by atoms with E-state index in [1.54, 1.807) is 12.1 Å². The Morgan fingerprint density at radius 1 is 1.19 bits per heavy atom. The van der Waals surface area contributed by atoms with E-state index in [0.717, 1.165) is 38.4 Å². The van der Waals surface area contributed by atoms with Gasteiger partial charge < -0.3 is 14.7 Å². The van der Waals surface area contributed by atoms with Crippen LogP contribution in [0.1, 0.15) is 20.3 Å². The number of aromatic hydroxyl groups is 1. The maximum atomic E-state index is 9.22. The summed E-state index contributed by atoms with van der Waals surface area (Å²) in [7, 11) is 0. The average molecular weight is 223 g/mol. The van der Waals surface area contributed by atoms with Crippen LogP contribution in [-0.4, -0.2) is 31.4 Å². The SMILES string of the molecule is CCOCCCN(CC)c1ccc(O)cc1. The van der Waals surface area contributed by atoms with Crippen molar-refractivity contribution in [3.8, 4) is 5.75 Å².